The summed E-state index contributed by atoms with van der Waals surface area (Å²) in [5, 5.41) is 6.60. The minimum absolute atomic E-state index is 0.189. The number of nitrogens with one attached hydrogen (secondary N) is 1. The first kappa shape index (κ1) is 15.7. The zero-order valence-corrected chi connectivity index (χ0v) is 13.3. The molecule has 0 aliphatic carbocycles. The van der Waals surface area contributed by atoms with Crippen LogP contribution in [-0.4, -0.2) is 40.1 Å². The van der Waals surface area contributed by atoms with Gasteiger partial charge in [0.25, 0.3) is 0 Å². The van der Waals surface area contributed by atoms with Gasteiger partial charge in [0.15, 0.2) is 11.6 Å². The first-order valence-electron chi connectivity index (χ1n) is 7.27. The molecule has 9 nitrogen and oxygen atoms in total. The molecule has 0 aliphatic rings. The van der Waals surface area contributed by atoms with Crippen molar-refractivity contribution >= 4 is 17.4 Å². The van der Waals surface area contributed by atoms with E-state index in [2.05, 4.69) is 25.4 Å². The van der Waals surface area contributed by atoms with Crippen LogP contribution in [0.1, 0.15) is 12.3 Å². The molecule has 0 atom stereocenters. The first-order chi connectivity index (χ1) is 11.6. The summed E-state index contributed by atoms with van der Waals surface area (Å²) in [5.74, 6) is 1.70. The molecule has 0 aromatic carbocycles. The molecule has 0 saturated heterocycles. The summed E-state index contributed by atoms with van der Waals surface area (Å²) in [6.07, 6.45) is 5.04. The summed E-state index contributed by atoms with van der Waals surface area (Å²) < 4.78 is 10.3. The third-order valence-electron chi connectivity index (χ3n) is 3.16. The Bertz CT molecular complexity index is 812. The largest absolute Gasteiger partial charge is 0.461 e. The van der Waals surface area contributed by atoms with Crippen LogP contribution in [0.4, 0.5) is 11.5 Å². The van der Waals surface area contributed by atoms with Gasteiger partial charge >= 0.3 is 0 Å². The number of rotatable bonds is 6. The van der Waals surface area contributed by atoms with Crippen LogP contribution in [0.15, 0.2) is 39.9 Å². The van der Waals surface area contributed by atoms with Crippen molar-refractivity contribution in [2.24, 2.45) is 0 Å². The van der Waals surface area contributed by atoms with E-state index in [-0.39, 0.29) is 12.3 Å². The number of aromatic nitrogens is 4. The third kappa shape index (κ3) is 3.57. The van der Waals surface area contributed by atoms with Gasteiger partial charge in [0.2, 0.25) is 17.6 Å². The van der Waals surface area contributed by atoms with E-state index in [0.717, 1.165) is 0 Å². The monoisotopic (exact) mass is 328 g/mol. The highest BCUT2D eigenvalue weighted by molar-refractivity contribution is 5.93. The van der Waals surface area contributed by atoms with Crippen LogP contribution in [0.2, 0.25) is 0 Å². The third-order valence-corrected chi connectivity index (χ3v) is 3.16. The fraction of sp³-hybridized carbons (Fsp3) is 0.267. The topological polar surface area (TPSA) is 110 Å². The molecule has 1 amide bonds. The van der Waals surface area contributed by atoms with Crippen LogP contribution in [0, 0.1) is 0 Å². The number of carbonyl (C=O) groups excluding carboxylic acids is 1. The summed E-state index contributed by atoms with van der Waals surface area (Å²) in [6.45, 7) is 0. The van der Waals surface area contributed by atoms with Gasteiger partial charge in [-0.3, -0.25) is 4.79 Å². The lowest BCUT2D eigenvalue weighted by molar-refractivity contribution is -0.116. The second-order valence-electron chi connectivity index (χ2n) is 5.19. The highest BCUT2D eigenvalue weighted by atomic mass is 16.5. The van der Waals surface area contributed by atoms with Gasteiger partial charge in [0.1, 0.15) is 12.0 Å². The molecule has 3 aromatic heterocycles. The van der Waals surface area contributed by atoms with Crippen molar-refractivity contribution in [1.82, 2.24) is 20.1 Å². The Hall–Kier alpha value is -3.23. The van der Waals surface area contributed by atoms with Crippen LogP contribution in [0.25, 0.3) is 11.6 Å². The summed E-state index contributed by atoms with van der Waals surface area (Å²) >= 11 is 0. The van der Waals surface area contributed by atoms with Crippen molar-refractivity contribution < 1.29 is 13.7 Å². The summed E-state index contributed by atoms with van der Waals surface area (Å²) in [6, 6.07) is 3.47. The van der Waals surface area contributed by atoms with E-state index in [1.807, 2.05) is 14.1 Å². The SMILES string of the molecule is CN(C)c1ncncc1NC(=O)CCc1nc(-c2ccco2)no1. The van der Waals surface area contributed by atoms with Gasteiger partial charge in [-0.25, -0.2) is 9.97 Å². The Kier molecular flexibility index (Phi) is 4.50. The molecule has 0 fully saturated rings. The lowest BCUT2D eigenvalue weighted by Gasteiger charge is -2.15. The maximum Gasteiger partial charge on any atom is 0.238 e. The molecule has 24 heavy (non-hydrogen) atoms. The number of amides is 1. The van der Waals surface area contributed by atoms with Crippen molar-refractivity contribution in [1.29, 1.82) is 0 Å². The minimum Gasteiger partial charge on any atom is -0.461 e. The van der Waals surface area contributed by atoms with E-state index in [0.29, 0.717) is 35.4 Å². The molecule has 0 unspecified atom stereocenters. The van der Waals surface area contributed by atoms with Crippen molar-refractivity contribution in [2.75, 3.05) is 24.3 Å². The average Bonchev–Trinajstić information content (AvgIpc) is 3.24. The summed E-state index contributed by atoms with van der Waals surface area (Å²) in [7, 11) is 3.68. The predicted octanol–water partition coefficient (Wildman–Crippen LogP) is 1.76. The van der Waals surface area contributed by atoms with Crippen LogP contribution in [0.3, 0.4) is 0 Å². The average molecular weight is 328 g/mol. The molecule has 0 saturated carbocycles. The van der Waals surface area contributed by atoms with Crippen molar-refractivity contribution in [2.45, 2.75) is 12.8 Å². The van der Waals surface area contributed by atoms with Gasteiger partial charge in [-0.2, -0.15) is 4.98 Å². The van der Waals surface area contributed by atoms with E-state index in [1.54, 1.807) is 23.2 Å². The molecule has 0 bridgehead atoms. The van der Waals surface area contributed by atoms with Gasteiger partial charge in [0, 0.05) is 26.9 Å². The Balaban J connectivity index is 1.58. The number of hydrogen-bond acceptors (Lipinski definition) is 8. The molecule has 0 aliphatic heterocycles. The van der Waals surface area contributed by atoms with Crippen LogP contribution in [-0.2, 0) is 11.2 Å². The standard InChI is InChI=1S/C15H16N6O3/c1-21(2)15-10(8-16-9-17-15)18-12(22)5-6-13-19-14(20-24-13)11-4-3-7-23-11/h3-4,7-9H,5-6H2,1-2H3,(H,18,22). The Morgan fingerprint density at radius 3 is 3.00 bits per heavy atom. The van der Waals surface area contributed by atoms with E-state index in [4.69, 9.17) is 8.94 Å². The molecular formula is C15H16N6O3. The van der Waals surface area contributed by atoms with Gasteiger partial charge in [0.05, 0.1) is 12.5 Å². The molecule has 3 heterocycles. The van der Waals surface area contributed by atoms with E-state index < -0.39 is 0 Å². The molecule has 3 aromatic rings. The lowest BCUT2D eigenvalue weighted by atomic mass is 10.3. The highest BCUT2D eigenvalue weighted by Crippen LogP contribution is 2.20. The molecule has 1 N–H and O–H groups in total. The van der Waals surface area contributed by atoms with Crippen molar-refractivity contribution in [3.8, 4) is 11.6 Å². The fourth-order valence-electron chi connectivity index (χ4n) is 2.06. The van der Waals surface area contributed by atoms with E-state index in [9.17, 15) is 4.79 Å². The number of furan rings is 1. The second-order valence-corrected chi connectivity index (χ2v) is 5.19. The van der Waals surface area contributed by atoms with Crippen molar-refractivity contribution in [3.05, 3.63) is 36.8 Å². The fourth-order valence-corrected chi connectivity index (χ4v) is 2.06. The molecule has 0 spiro atoms. The summed E-state index contributed by atoms with van der Waals surface area (Å²) in [4.78, 5) is 26.1. The van der Waals surface area contributed by atoms with E-state index >= 15 is 0 Å². The lowest BCUT2D eigenvalue weighted by Crippen LogP contribution is -2.18. The number of anilines is 2. The van der Waals surface area contributed by atoms with Gasteiger partial charge in [-0.15, -0.1) is 0 Å². The van der Waals surface area contributed by atoms with Crippen LogP contribution in [0.5, 0.6) is 0 Å². The van der Waals surface area contributed by atoms with Gasteiger partial charge < -0.3 is 19.2 Å². The minimum atomic E-state index is -0.189. The Morgan fingerprint density at radius 1 is 1.38 bits per heavy atom. The Labute approximate surface area is 137 Å². The number of nitrogens with zero attached hydrogens (tertiary/aromatic N) is 5. The molecule has 0 radical (unpaired) electrons. The normalized spacial score (nSPS) is 10.6. The van der Waals surface area contributed by atoms with E-state index in [1.165, 1.54) is 12.6 Å². The second kappa shape index (κ2) is 6.90. The van der Waals surface area contributed by atoms with Crippen LogP contribution < -0.4 is 10.2 Å². The zero-order valence-electron chi connectivity index (χ0n) is 13.3. The maximum absolute atomic E-state index is 12.1. The highest BCUT2D eigenvalue weighted by Gasteiger charge is 2.14. The predicted molar refractivity (Wildman–Crippen MR) is 85.3 cm³/mol. The number of hydrogen-bond donors (Lipinski definition) is 1. The zero-order chi connectivity index (χ0) is 16.9. The molecule has 9 heteroatoms. The quantitative estimate of drug-likeness (QED) is 0.728. The number of carbonyl (C=O) groups is 1. The number of aryl methyl sites for hydroxylation is 1. The van der Waals surface area contributed by atoms with Crippen molar-refractivity contribution in [3.63, 3.8) is 0 Å². The van der Waals surface area contributed by atoms with Gasteiger partial charge in [-0.05, 0) is 12.1 Å². The first-order valence-corrected chi connectivity index (χ1v) is 7.27. The molecule has 3 rings (SSSR count). The smallest absolute Gasteiger partial charge is 0.238 e. The van der Waals surface area contributed by atoms with Crippen LogP contribution >= 0.6 is 0 Å². The molecule has 124 valence electrons. The van der Waals surface area contributed by atoms with Gasteiger partial charge in [-0.1, -0.05) is 5.16 Å². The Morgan fingerprint density at radius 2 is 2.25 bits per heavy atom. The molecular weight excluding hydrogens is 312 g/mol. The maximum atomic E-state index is 12.1. The summed E-state index contributed by atoms with van der Waals surface area (Å²) in [5.41, 5.74) is 0.550.